The second kappa shape index (κ2) is 13.4. The number of nitrogens with zero attached hydrogens (tertiary/aromatic N) is 4. The van der Waals surface area contributed by atoms with Gasteiger partial charge in [-0.2, -0.15) is 17.5 Å². The minimum atomic E-state index is -4.79. The van der Waals surface area contributed by atoms with Crippen LogP contribution in [-0.2, 0) is 26.5 Å². The van der Waals surface area contributed by atoms with Crippen molar-refractivity contribution in [1.29, 1.82) is 0 Å². The van der Waals surface area contributed by atoms with Crippen molar-refractivity contribution in [3.63, 3.8) is 0 Å². The van der Waals surface area contributed by atoms with Crippen LogP contribution in [0.4, 0.5) is 17.6 Å². The van der Waals surface area contributed by atoms with E-state index in [2.05, 4.69) is 16.8 Å². The summed E-state index contributed by atoms with van der Waals surface area (Å²) >= 11 is 0. The Morgan fingerprint density at radius 1 is 0.932 bits per heavy atom. The molecule has 0 spiro atoms. The maximum Gasteiger partial charge on any atom is 0.417 e. The monoisotopic (exact) mass is 638 g/mol. The van der Waals surface area contributed by atoms with E-state index in [1.165, 1.54) is 22.5 Å². The Hall–Kier alpha value is -2.54. The Morgan fingerprint density at radius 2 is 1.64 bits per heavy atom. The van der Waals surface area contributed by atoms with Crippen LogP contribution in [0, 0.1) is 5.82 Å². The molecule has 44 heavy (non-hydrogen) atoms. The van der Waals surface area contributed by atoms with Gasteiger partial charge in [0, 0.05) is 63.8 Å². The second-order valence-electron chi connectivity index (χ2n) is 12.4. The van der Waals surface area contributed by atoms with Gasteiger partial charge in [0.25, 0.3) is 0 Å². The van der Waals surface area contributed by atoms with Crippen molar-refractivity contribution in [2.24, 2.45) is 0 Å². The third-order valence-electron chi connectivity index (χ3n) is 9.69. The molecule has 0 bridgehead atoms. The molecule has 3 aliphatic heterocycles. The van der Waals surface area contributed by atoms with Gasteiger partial charge in [-0.1, -0.05) is 30.7 Å². The lowest BCUT2D eigenvalue weighted by Gasteiger charge is -2.51. The first-order valence-electron chi connectivity index (χ1n) is 15.6. The predicted octanol–water partition coefficient (Wildman–Crippen LogP) is 5.32. The fraction of sp³-hybridized carbons (Fsp3) is 0.594. The van der Waals surface area contributed by atoms with Gasteiger partial charge in [-0.15, -0.1) is 0 Å². The number of sulfonamides is 1. The molecule has 0 N–H and O–H groups in total. The fourth-order valence-corrected chi connectivity index (χ4v) is 9.14. The van der Waals surface area contributed by atoms with Gasteiger partial charge in [0.2, 0.25) is 15.9 Å². The van der Waals surface area contributed by atoms with Gasteiger partial charge in [0.05, 0.1) is 10.5 Å². The number of carbonyl (C=O) groups excluding carboxylic acids is 1. The van der Waals surface area contributed by atoms with Gasteiger partial charge in [-0.25, -0.2) is 12.8 Å². The lowest BCUT2D eigenvalue weighted by atomic mass is 9.78. The van der Waals surface area contributed by atoms with E-state index in [4.69, 9.17) is 0 Å². The molecule has 2 aromatic rings. The molecule has 2 aromatic carbocycles. The van der Waals surface area contributed by atoms with Crippen molar-refractivity contribution in [2.75, 3.05) is 52.9 Å². The SMILES string of the molecule is CN1CCN(C2(c3cccc(F)c3)CCN(C(=O)CCCC3CCCCN3S(=O)(=O)c3ccccc3C(F)(F)F)CC2)CC1. The van der Waals surface area contributed by atoms with E-state index in [0.717, 1.165) is 50.3 Å². The number of alkyl halides is 3. The number of hydrogen-bond donors (Lipinski definition) is 0. The van der Waals surface area contributed by atoms with Crippen LogP contribution in [0.1, 0.15) is 62.5 Å². The number of rotatable bonds is 8. The van der Waals surface area contributed by atoms with Gasteiger partial charge in [0.15, 0.2) is 0 Å². The molecule has 0 aromatic heterocycles. The van der Waals surface area contributed by atoms with Crippen LogP contribution in [0.25, 0.3) is 0 Å². The zero-order valence-corrected chi connectivity index (χ0v) is 26.1. The molecule has 1 atom stereocenters. The summed E-state index contributed by atoms with van der Waals surface area (Å²) in [6, 6.07) is 10.7. The van der Waals surface area contributed by atoms with Crippen LogP contribution in [0.2, 0.25) is 0 Å². The Kier molecular flexibility index (Phi) is 10.0. The molecule has 12 heteroatoms. The quantitative estimate of drug-likeness (QED) is 0.367. The fourth-order valence-electron chi connectivity index (χ4n) is 7.20. The normalized spacial score (nSPS) is 22.7. The van der Waals surface area contributed by atoms with Crippen molar-refractivity contribution in [3.05, 3.63) is 65.5 Å². The summed E-state index contributed by atoms with van der Waals surface area (Å²) in [5.41, 5.74) is -0.556. The minimum absolute atomic E-state index is 0.0103. The maximum atomic E-state index is 14.3. The van der Waals surface area contributed by atoms with E-state index in [1.807, 2.05) is 11.0 Å². The van der Waals surface area contributed by atoms with Crippen LogP contribution in [0.5, 0.6) is 0 Å². The van der Waals surface area contributed by atoms with Crippen LogP contribution < -0.4 is 0 Å². The highest BCUT2D eigenvalue weighted by atomic mass is 32.2. The highest BCUT2D eigenvalue weighted by Crippen LogP contribution is 2.40. The third kappa shape index (κ3) is 6.98. The number of hydrogen-bond acceptors (Lipinski definition) is 5. The highest BCUT2D eigenvalue weighted by molar-refractivity contribution is 7.89. The first-order valence-corrected chi connectivity index (χ1v) is 17.0. The number of carbonyl (C=O) groups is 1. The van der Waals surface area contributed by atoms with E-state index >= 15 is 0 Å². The Balaban J connectivity index is 1.21. The molecule has 7 nitrogen and oxygen atoms in total. The zero-order valence-electron chi connectivity index (χ0n) is 25.2. The third-order valence-corrected chi connectivity index (χ3v) is 11.7. The van der Waals surface area contributed by atoms with Crippen molar-refractivity contribution >= 4 is 15.9 Å². The molecule has 5 rings (SSSR count). The molecule has 1 unspecified atom stereocenters. The van der Waals surface area contributed by atoms with E-state index in [-0.39, 0.29) is 30.2 Å². The summed E-state index contributed by atoms with van der Waals surface area (Å²) in [4.78, 5) is 19.2. The standard InChI is InChI=1S/C32H42F4N4O3S/c1-37-20-22-39(23-21-37)31(25-8-6-9-26(33)24-25)15-18-38(19-16-31)30(41)14-7-11-27-10-4-5-17-40(27)44(42,43)29-13-3-2-12-28(29)32(34,35)36/h2-3,6,8-9,12-13,24,27H,4-5,7,10-11,14-23H2,1H3. The number of likely N-dealkylation sites (N-methyl/N-ethyl adjacent to an activating group) is 1. The van der Waals surface area contributed by atoms with Gasteiger partial charge >= 0.3 is 6.18 Å². The number of halogens is 4. The molecule has 3 fully saturated rings. The summed E-state index contributed by atoms with van der Waals surface area (Å²) in [6.45, 7) is 4.84. The molecule has 3 heterocycles. The Morgan fingerprint density at radius 3 is 2.32 bits per heavy atom. The van der Waals surface area contributed by atoms with E-state index in [1.54, 1.807) is 12.1 Å². The smallest absolute Gasteiger partial charge is 0.343 e. The number of piperazine rings is 1. The Labute approximate surface area is 257 Å². The van der Waals surface area contributed by atoms with E-state index < -0.39 is 32.7 Å². The minimum Gasteiger partial charge on any atom is -0.343 e. The van der Waals surface area contributed by atoms with Gasteiger partial charge < -0.3 is 9.80 Å². The summed E-state index contributed by atoms with van der Waals surface area (Å²) in [6.07, 6.45) is -0.396. The average molecular weight is 639 g/mol. The molecular weight excluding hydrogens is 596 g/mol. The summed E-state index contributed by atoms with van der Waals surface area (Å²) < 4.78 is 83.4. The van der Waals surface area contributed by atoms with E-state index in [9.17, 15) is 30.8 Å². The summed E-state index contributed by atoms with van der Waals surface area (Å²) in [5.74, 6) is -0.279. The summed E-state index contributed by atoms with van der Waals surface area (Å²) in [5, 5.41) is 0. The van der Waals surface area contributed by atoms with Gasteiger partial charge in [-0.05, 0) is 75.4 Å². The predicted molar refractivity (Wildman–Crippen MR) is 160 cm³/mol. The number of benzene rings is 2. The van der Waals surface area contributed by atoms with Crippen LogP contribution in [0.15, 0.2) is 53.4 Å². The molecule has 1 amide bonds. The molecule has 3 aliphatic rings. The molecular formula is C32H42F4N4O3S. The van der Waals surface area contributed by atoms with Gasteiger partial charge in [0.1, 0.15) is 5.82 Å². The first-order chi connectivity index (χ1) is 20.9. The maximum absolute atomic E-state index is 14.3. The van der Waals surface area contributed by atoms with E-state index in [0.29, 0.717) is 51.6 Å². The number of piperidine rings is 2. The van der Waals surface area contributed by atoms with Crippen molar-refractivity contribution in [2.45, 2.75) is 74.0 Å². The number of amides is 1. The van der Waals surface area contributed by atoms with Crippen molar-refractivity contribution in [1.82, 2.24) is 19.0 Å². The van der Waals surface area contributed by atoms with Crippen LogP contribution >= 0.6 is 0 Å². The Bertz CT molecular complexity index is 1400. The summed E-state index contributed by atoms with van der Waals surface area (Å²) in [7, 11) is -2.28. The zero-order chi connectivity index (χ0) is 31.5. The second-order valence-corrected chi connectivity index (χ2v) is 14.2. The van der Waals surface area contributed by atoms with Gasteiger partial charge in [-0.3, -0.25) is 9.69 Å². The molecule has 3 saturated heterocycles. The lowest BCUT2D eigenvalue weighted by Crippen LogP contribution is -2.59. The van der Waals surface area contributed by atoms with Crippen LogP contribution in [-0.4, -0.2) is 92.2 Å². The molecule has 242 valence electrons. The molecule has 0 radical (unpaired) electrons. The first kappa shape index (κ1) is 32.8. The van der Waals surface area contributed by atoms with Crippen LogP contribution in [0.3, 0.4) is 0 Å². The largest absolute Gasteiger partial charge is 0.417 e. The molecule has 0 aliphatic carbocycles. The lowest BCUT2D eigenvalue weighted by molar-refractivity contribution is -0.140. The molecule has 0 saturated carbocycles. The highest BCUT2D eigenvalue weighted by Gasteiger charge is 2.44. The number of likely N-dealkylation sites (tertiary alicyclic amines) is 1. The van der Waals surface area contributed by atoms with Crippen molar-refractivity contribution < 1.29 is 30.8 Å². The topological polar surface area (TPSA) is 64.2 Å². The van der Waals surface area contributed by atoms with Crippen molar-refractivity contribution in [3.8, 4) is 0 Å². The average Bonchev–Trinajstić information content (AvgIpc) is 3.01.